The summed E-state index contributed by atoms with van der Waals surface area (Å²) >= 11 is 0. The highest BCUT2D eigenvalue weighted by molar-refractivity contribution is 5.92. The van der Waals surface area contributed by atoms with Gasteiger partial charge in [0, 0.05) is 35.0 Å². The van der Waals surface area contributed by atoms with Crippen LogP contribution in [0.5, 0.6) is 0 Å². The Morgan fingerprint density at radius 2 is 1.62 bits per heavy atom. The highest BCUT2D eigenvalue weighted by Gasteiger charge is 2.05. The second-order valence-corrected chi connectivity index (χ2v) is 6.97. The molecule has 4 nitrogen and oxygen atoms in total. The zero-order valence-corrected chi connectivity index (χ0v) is 15.9. The van der Waals surface area contributed by atoms with Crippen LogP contribution < -0.4 is 10.6 Å². The molecule has 0 fully saturated rings. The van der Waals surface area contributed by atoms with Crippen LogP contribution in [0.4, 0.5) is 15.8 Å². The number of anilines is 2. The maximum atomic E-state index is 12.9. The number of aromatic amines is 1. The summed E-state index contributed by atoms with van der Waals surface area (Å²) in [5.74, 6) is -0.432. The lowest BCUT2D eigenvalue weighted by molar-refractivity contribution is -0.115. The van der Waals surface area contributed by atoms with Gasteiger partial charge in [-0.15, -0.1) is 0 Å². The van der Waals surface area contributed by atoms with E-state index >= 15 is 0 Å². The Bertz CT molecular complexity index is 1100. The lowest BCUT2D eigenvalue weighted by Gasteiger charge is -2.09. The molecule has 3 N–H and O–H groups in total. The van der Waals surface area contributed by atoms with Gasteiger partial charge in [0.2, 0.25) is 5.91 Å². The maximum Gasteiger partial charge on any atom is 0.228 e. The molecule has 0 radical (unpaired) electrons. The second kappa shape index (κ2) is 8.61. The molecular weight excluding hydrogens is 365 g/mol. The van der Waals surface area contributed by atoms with Gasteiger partial charge in [-0.25, -0.2) is 4.39 Å². The molecule has 1 amide bonds. The van der Waals surface area contributed by atoms with Gasteiger partial charge in [0.25, 0.3) is 0 Å². The molecule has 3 aromatic carbocycles. The average Bonchev–Trinajstić information content (AvgIpc) is 3.14. The van der Waals surface area contributed by atoms with Gasteiger partial charge in [0.15, 0.2) is 0 Å². The Morgan fingerprint density at radius 1 is 0.897 bits per heavy atom. The Hall–Kier alpha value is -3.60. The first-order valence-electron chi connectivity index (χ1n) is 9.60. The van der Waals surface area contributed by atoms with Gasteiger partial charge in [-0.05, 0) is 60.0 Å². The number of halogens is 1. The van der Waals surface area contributed by atoms with E-state index in [2.05, 4.69) is 40.0 Å². The Kier molecular flexibility index (Phi) is 5.56. The third kappa shape index (κ3) is 4.82. The van der Waals surface area contributed by atoms with Gasteiger partial charge in [0.1, 0.15) is 5.82 Å². The van der Waals surface area contributed by atoms with Crippen LogP contribution in [0.2, 0.25) is 0 Å². The fraction of sp³-hybridized carbons (Fsp3) is 0.125. The summed E-state index contributed by atoms with van der Waals surface area (Å²) in [4.78, 5) is 15.4. The first-order chi connectivity index (χ1) is 14.2. The van der Waals surface area contributed by atoms with E-state index in [1.807, 2.05) is 30.3 Å². The van der Waals surface area contributed by atoms with Gasteiger partial charge >= 0.3 is 0 Å². The van der Waals surface area contributed by atoms with Crippen molar-refractivity contribution in [3.05, 3.63) is 95.9 Å². The molecule has 0 aliphatic rings. The number of fused-ring (bicyclic) bond motifs is 1. The van der Waals surface area contributed by atoms with E-state index in [9.17, 15) is 9.18 Å². The zero-order valence-electron chi connectivity index (χ0n) is 15.9. The SMILES string of the molecule is O=C(Cc1ccc(F)cc1)Nc1ccc(NCCc2c[nH]c3ccccc23)cc1. The van der Waals surface area contributed by atoms with Gasteiger partial charge in [-0.2, -0.15) is 0 Å². The number of rotatable bonds is 7. The van der Waals surface area contributed by atoms with Crippen LogP contribution in [0, 0.1) is 5.82 Å². The van der Waals surface area contributed by atoms with Crippen LogP contribution in [0.25, 0.3) is 10.9 Å². The summed E-state index contributed by atoms with van der Waals surface area (Å²) in [6, 6.07) is 21.9. The highest BCUT2D eigenvalue weighted by Crippen LogP contribution is 2.19. The summed E-state index contributed by atoms with van der Waals surface area (Å²) < 4.78 is 12.9. The molecule has 0 aliphatic heterocycles. The molecule has 5 heteroatoms. The van der Waals surface area contributed by atoms with E-state index in [1.165, 1.54) is 23.1 Å². The quantitative estimate of drug-likeness (QED) is 0.411. The number of H-pyrrole nitrogens is 1. The molecule has 29 heavy (non-hydrogen) atoms. The van der Waals surface area contributed by atoms with E-state index in [4.69, 9.17) is 0 Å². The number of amides is 1. The fourth-order valence-corrected chi connectivity index (χ4v) is 3.34. The van der Waals surface area contributed by atoms with Crippen LogP contribution in [-0.2, 0) is 17.6 Å². The first kappa shape index (κ1) is 18.7. The Labute approximate surface area is 168 Å². The normalized spacial score (nSPS) is 10.8. The third-order valence-corrected chi connectivity index (χ3v) is 4.84. The maximum absolute atomic E-state index is 12.9. The molecular formula is C24H22FN3O. The van der Waals surface area contributed by atoms with Crippen LogP contribution in [0.15, 0.2) is 79.0 Å². The molecule has 4 aromatic rings. The summed E-state index contributed by atoms with van der Waals surface area (Å²) in [5.41, 5.74) is 4.96. The highest BCUT2D eigenvalue weighted by atomic mass is 19.1. The molecule has 0 atom stereocenters. The number of hydrogen-bond acceptors (Lipinski definition) is 2. The van der Waals surface area contributed by atoms with Crippen molar-refractivity contribution in [2.45, 2.75) is 12.8 Å². The largest absolute Gasteiger partial charge is 0.385 e. The topological polar surface area (TPSA) is 56.9 Å². The predicted molar refractivity (Wildman–Crippen MR) is 116 cm³/mol. The van der Waals surface area contributed by atoms with Crippen LogP contribution in [0.1, 0.15) is 11.1 Å². The average molecular weight is 387 g/mol. The van der Waals surface area contributed by atoms with Crippen molar-refractivity contribution in [2.24, 2.45) is 0 Å². The van der Waals surface area contributed by atoms with E-state index < -0.39 is 0 Å². The Morgan fingerprint density at radius 3 is 2.41 bits per heavy atom. The van der Waals surface area contributed by atoms with Crippen molar-refractivity contribution >= 4 is 28.2 Å². The number of nitrogens with one attached hydrogen (secondary N) is 3. The van der Waals surface area contributed by atoms with E-state index in [0.29, 0.717) is 0 Å². The van der Waals surface area contributed by atoms with Crippen LogP contribution in [0.3, 0.4) is 0 Å². The molecule has 4 rings (SSSR count). The minimum absolute atomic E-state index is 0.128. The number of para-hydroxylation sites is 1. The van der Waals surface area contributed by atoms with Gasteiger partial charge in [-0.3, -0.25) is 4.79 Å². The Balaban J connectivity index is 1.27. The molecule has 0 saturated heterocycles. The van der Waals surface area contributed by atoms with Crippen molar-refractivity contribution in [2.75, 3.05) is 17.2 Å². The van der Waals surface area contributed by atoms with E-state index in [0.717, 1.165) is 35.4 Å². The minimum Gasteiger partial charge on any atom is -0.385 e. The van der Waals surface area contributed by atoms with E-state index in [-0.39, 0.29) is 18.1 Å². The van der Waals surface area contributed by atoms with Gasteiger partial charge in [-0.1, -0.05) is 30.3 Å². The molecule has 0 saturated carbocycles. The predicted octanol–water partition coefficient (Wildman–Crippen LogP) is 5.14. The molecule has 0 bridgehead atoms. The fourth-order valence-electron chi connectivity index (χ4n) is 3.34. The lowest BCUT2D eigenvalue weighted by Crippen LogP contribution is -2.14. The van der Waals surface area contributed by atoms with Crippen molar-refractivity contribution in [1.82, 2.24) is 4.98 Å². The van der Waals surface area contributed by atoms with Gasteiger partial charge < -0.3 is 15.6 Å². The van der Waals surface area contributed by atoms with Crippen LogP contribution >= 0.6 is 0 Å². The molecule has 1 heterocycles. The van der Waals surface area contributed by atoms with E-state index in [1.54, 1.807) is 12.1 Å². The smallest absolute Gasteiger partial charge is 0.228 e. The molecule has 0 aliphatic carbocycles. The summed E-state index contributed by atoms with van der Waals surface area (Å²) in [7, 11) is 0. The van der Waals surface area contributed by atoms with Crippen LogP contribution in [-0.4, -0.2) is 17.4 Å². The number of benzene rings is 3. The molecule has 146 valence electrons. The number of hydrogen-bond donors (Lipinski definition) is 3. The minimum atomic E-state index is -0.304. The van der Waals surface area contributed by atoms with Crippen molar-refractivity contribution in [1.29, 1.82) is 0 Å². The summed E-state index contributed by atoms with van der Waals surface area (Å²) in [5, 5.41) is 7.54. The van der Waals surface area contributed by atoms with Crippen molar-refractivity contribution < 1.29 is 9.18 Å². The molecule has 0 unspecified atom stereocenters. The number of carbonyl (C=O) groups excluding carboxylic acids is 1. The summed E-state index contributed by atoms with van der Waals surface area (Å²) in [6.45, 7) is 0.818. The monoisotopic (exact) mass is 387 g/mol. The lowest BCUT2D eigenvalue weighted by atomic mass is 10.1. The third-order valence-electron chi connectivity index (χ3n) is 4.84. The van der Waals surface area contributed by atoms with Crippen molar-refractivity contribution in [3.8, 4) is 0 Å². The standard InChI is InChI=1S/C24H22FN3O/c25-19-7-5-17(6-8-19)15-24(29)28-21-11-9-20(10-12-21)26-14-13-18-16-27-23-4-2-1-3-22(18)23/h1-12,16,26-27H,13-15H2,(H,28,29). The molecule has 1 aromatic heterocycles. The number of aromatic nitrogens is 1. The second-order valence-electron chi connectivity index (χ2n) is 6.97. The first-order valence-corrected chi connectivity index (χ1v) is 9.60. The summed E-state index contributed by atoms with van der Waals surface area (Å²) in [6.07, 6.45) is 3.19. The molecule has 0 spiro atoms. The zero-order chi connectivity index (χ0) is 20.1. The number of carbonyl (C=O) groups is 1. The van der Waals surface area contributed by atoms with Crippen molar-refractivity contribution in [3.63, 3.8) is 0 Å². The van der Waals surface area contributed by atoms with Gasteiger partial charge in [0.05, 0.1) is 6.42 Å².